The Morgan fingerprint density at radius 2 is 1.46 bits per heavy atom. The maximum absolute atomic E-state index is 5.66. The van der Waals surface area contributed by atoms with Gasteiger partial charge in [0.25, 0.3) is 0 Å². The molecule has 0 saturated heterocycles. The average molecular weight is 369 g/mol. The van der Waals surface area contributed by atoms with E-state index < -0.39 is 0 Å². The second kappa shape index (κ2) is 8.01. The third-order valence-electron chi connectivity index (χ3n) is 4.45. The van der Waals surface area contributed by atoms with Crippen LogP contribution in [0.1, 0.15) is 12.6 Å². The minimum Gasteiger partial charge on any atom is -0.494 e. The number of rotatable bonds is 6. The summed E-state index contributed by atoms with van der Waals surface area (Å²) in [6.45, 7) is 4.64. The first-order valence-corrected chi connectivity index (χ1v) is 9.44. The molecule has 2 N–H and O–H groups in total. The molecule has 140 valence electrons. The third-order valence-corrected chi connectivity index (χ3v) is 4.45. The molecule has 0 bridgehead atoms. The van der Waals surface area contributed by atoms with Gasteiger partial charge in [0.05, 0.1) is 12.1 Å². The Kier molecular flexibility index (Phi) is 5.11. The van der Waals surface area contributed by atoms with E-state index in [0.717, 1.165) is 45.1 Å². The maximum Gasteiger partial charge on any atom is 0.120 e. The van der Waals surface area contributed by atoms with Gasteiger partial charge in [-0.25, -0.2) is 0 Å². The van der Waals surface area contributed by atoms with E-state index >= 15 is 0 Å². The van der Waals surface area contributed by atoms with Crippen molar-refractivity contribution in [1.82, 2.24) is 4.98 Å². The normalized spacial score (nSPS) is 10.6. The first-order chi connectivity index (χ1) is 13.7. The Morgan fingerprint density at radius 1 is 0.786 bits per heavy atom. The van der Waals surface area contributed by atoms with Crippen LogP contribution in [0, 0.1) is 6.92 Å². The Morgan fingerprint density at radius 3 is 2.18 bits per heavy atom. The van der Waals surface area contributed by atoms with Crippen molar-refractivity contribution in [3.05, 3.63) is 84.6 Å². The summed E-state index contributed by atoms with van der Waals surface area (Å²) in [5.74, 6) is 0.853. The van der Waals surface area contributed by atoms with E-state index in [2.05, 4.69) is 45.9 Å². The molecule has 0 unspecified atom stereocenters. The fraction of sp³-hybridized carbons (Fsp3) is 0.125. The summed E-state index contributed by atoms with van der Waals surface area (Å²) >= 11 is 0. The smallest absolute Gasteiger partial charge is 0.120 e. The molecule has 0 aliphatic carbocycles. The minimum absolute atomic E-state index is 0.642. The molecule has 0 spiro atoms. The number of hydrogen-bond donors (Lipinski definition) is 2. The van der Waals surface area contributed by atoms with Crippen LogP contribution in [0.3, 0.4) is 0 Å². The Hall–Kier alpha value is -3.53. The quantitative estimate of drug-likeness (QED) is 0.411. The number of fused-ring (bicyclic) bond motifs is 1. The first-order valence-electron chi connectivity index (χ1n) is 9.44. The Bertz CT molecular complexity index is 1080. The van der Waals surface area contributed by atoms with Gasteiger partial charge >= 0.3 is 0 Å². The highest BCUT2D eigenvalue weighted by atomic mass is 16.5. The Labute approximate surface area is 165 Å². The lowest BCUT2D eigenvalue weighted by Crippen LogP contribution is -1.97. The molecule has 1 aromatic heterocycles. The van der Waals surface area contributed by atoms with Gasteiger partial charge in [-0.3, -0.25) is 4.98 Å². The van der Waals surface area contributed by atoms with Crippen LogP contribution >= 0.6 is 0 Å². The monoisotopic (exact) mass is 369 g/mol. The second-order valence-corrected chi connectivity index (χ2v) is 6.62. The van der Waals surface area contributed by atoms with E-state index in [1.165, 1.54) is 0 Å². The number of ether oxygens (including phenoxy) is 1. The molecule has 0 fully saturated rings. The number of aromatic nitrogens is 1. The highest BCUT2D eigenvalue weighted by Gasteiger charge is 2.07. The van der Waals surface area contributed by atoms with Crippen molar-refractivity contribution >= 4 is 33.7 Å². The molecule has 0 amide bonds. The van der Waals surface area contributed by atoms with Gasteiger partial charge in [-0.1, -0.05) is 18.2 Å². The standard InChI is InChI=1S/C24H23N3O/c1-3-28-21-13-14-23-22(16-21)24(15-17(2)25-23)27-20-11-9-19(10-12-20)26-18-7-5-4-6-8-18/h4-16,26H,3H2,1-2H3,(H,25,27). The first kappa shape index (κ1) is 17.9. The summed E-state index contributed by atoms with van der Waals surface area (Å²) in [5, 5.41) is 7.97. The topological polar surface area (TPSA) is 46.2 Å². The van der Waals surface area contributed by atoms with Crippen LogP contribution in [0.4, 0.5) is 22.7 Å². The van der Waals surface area contributed by atoms with Crippen LogP contribution in [-0.4, -0.2) is 11.6 Å². The third kappa shape index (κ3) is 4.07. The molecule has 4 nitrogen and oxygen atoms in total. The molecule has 0 atom stereocenters. The molecule has 4 aromatic rings. The van der Waals surface area contributed by atoms with Crippen molar-refractivity contribution in [3.63, 3.8) is 0 Å². The second-order valence-electron chi connectivity index (χ2n) is 6.62. The number of anilines is 4. The Balaban J connectivity index is 1.59. The van der Waals surface area contributed by atoms with Crippen LogP contribution in [0.15, 0.2) is 78.9 Å². The molecule has 0 radical (unpaired) electrons. The van der Waals surface area contributed by atoms with Crippen LogP contribution in [0.25, 0.3) is 10.9 Å². The largest absolute Gasteiger partial charge is 0.494 e. The summed E-state index contributed by atoms with van der Waals surface area (Å²) in [5.41, 5.74) is 6.09. The van der Waals surface area contributed by atoms with Crippen LogP contribution in [-0.2, 0) is 0 Å². The SMILES string of the molecule is CCOc1ccc2nc(C)cc(Nc3ccc(Nc4ccccc4)cc3)c2c1. The van der Waals surface area contributed by atoms with E-state index in [-0.39, 0.29) is 0 Å². The number of hydrogen-bond acceptors (Lipinski definition) is 4. The van der Waals surface area contributed by atoms with Crippen molar-refractivity contribution in [2.24, 2.45) is 0 Å². The predicted molar refractivity (Wildman–Crippen MR) is 117 cm³/mol. The number of para-hydroxylation sites is 1. The fourth-order valence-corrected chi connectivity index (χ4v) is 3.18. The van der Waals surface area contributed by atoms with E-state index in [1.54, 1.807) is 0 Å². The minimum atomic E-state index is 0.642. The lowest BCUT2D eigenvalue weighted by molar-refractivity contribution is 0.340. The van der Waals surface area contributed by atoms with Gasteiger partial charge in [0.1, 0.15) is 5.75 Å². The molecule has 0 aliphatic heterocycles. The van der Waals surface area contributed by atoms with Crippen LogP contribution < -0.4 is 15.4 Å². The summed E-state index contributed by atoms with van der Waals surface area (Å²) in [7, 11) is 0. The van der Waals surface area contributed by atoms with E-state index in [9.17, 15) is 0 Å². The molecule has 28 heavy (non-hydrogen) atoms. The fourth-order valence-electron chi connectivity index (χ4n) is 3.18. The van der Waals surface area contributed by atoms with Crippen molar-refractivity contribution in [1.29, 1.82) is 0 Å². The zero-order valence-electron chi connectivity index (χ0n) is 16.1. The molecule has 0 aliphatic rings. The van der Waals surface area contributed by atoms with Crippen molar-refractivity contribution < 1.29 is 4.74 Å². The van der Waals surface area contributed by atoms with E-state index in [0.29, 0.717) is 6.61 Å². The lowest BCUT2D eigenvalue weighted by Gasteiger charge is -2.13. The molecule has 3 aromatic carbocycles. The van der Waals surface area contributed by atoms with Gasteiger partial charge in [-0.05, 0) is 74.5 Å². The van der Waals surface area contributed by atoms with Crippen molar-refractivity contribution in [2.45, 2.75) is 13.8 Å². The number of pyridine rings is 1. The van der Waals surface area contributed by atoms with Crippen LogP contribution in [0.5, 0.6) is 5.75 Å². The summed E-state index contributed by atoms with van der Waals surface area (Å²) in [4.78, 5) is 4.63. The molecular formula is C24H23N3O. The highest BCUT2D eigenvalue weighted by Crippen LogP contribution is 2.30. The zero-order chi connectivity index (χ0) is 19.3. The van der Waals surface area contributed by atoms with E-state index in [4.69, 9.17) is 4.74 Å². The summed E-state index contributed by atoms with van der Waals surface area (Å²) < 4.78 is 5.66. The van der Waals surface area contributed by atoms with Crippen molar-refractivity contribution in [2.75, 3.05) is 17.2 Å². The van der Waals surface area contributed by atoms with Gasteiger partial charge < -0.3 is 15.4 Å². The number of aryl methyl sites for hydroxylation is 1. The van der Waals surface area contributed by atoms with Crippen molar-refractivity contribution in [3.8, 4) is 5.75 Å². The van der Waals surface area contributed by atoms with Gasteiger partial charge in [-0.2, -0.15) is 0 Å². The van der Waals surface area contributed by atoms with Gasteiger partial charge in [0.2, 0.25) is 0 Å². The average Bonchev–Trinajstić information content (AvgIpc) is 2.71. The number of benzene rings is 3. The number of nitrogens with one attached hydrogen (secondary N) is 2. The van der Waals surface area contributed by atoms with Crippen LogP contribution in [0.2, 0.25) is 0 Å². The maximum atomic E-state index is 5.66. The summed E-state index contributed by atoms with van der Waals surface area (Å²) in [6.07, 6.45) is 0. The van der Waals surface area contributed by atoms with E-state index in [1.807, 2.05) is 62.4 Å². The lowest BCUT2D eigenvalue weighted by atomic mass is 10.1. The zero-order valence-corrected chi connectivity index (χ0v) is 16.1. The van der Waals surface area contributed by atoms with Gasteiger partial charge in [-0.15, -0.1) is 0 Å². The molecular weight excluding hydrogens is 346 g/mol. The highest BCUT2D eigenvalue weighted by molar-refractivity contribution is 5.94. The molecule has 4 heteroatoms. The van der Waals surface area contributed by atoms with Gasteiger partial charge in [0, 0.05) is 33.8 Å². The molecule has 1 heterocycles. The molecule has 4 rings (SSSR count). The van der Waals surface area contributed by atoms with Gasteiger partial charge in [0.15, 0.2) is 0 Å². The number of nitrogens with zero attached hydrogens (tertiary/aromatic N) is 1. The molecule has 0 saturated carbocycles. The predicted octanol–water partition coefficient (Wildman–Crippen LogP) is 6.43. The summed E-state index contributed by atoms with van der Waals surface area (Å²) in [6, 6.07) is 26.5.